The highest BCUT2D eigenvalue weighted by molar-refractivity contribution is 6.31. The highest BCUT2D eigenvalue weighted by Crippen LogP contribution is 2.14. The molecule has 0 fully saturated rings. The summed E-state index contributed by atoms with van der Waals surface area (Å²) in [6.45, 7) is 0. The Bertz CT molecular complexity index is 435. The number of nitrogens with zero attached hydrogens (tertiary/aromatic N) is 1. The number of carbonyl (C=O) groups is 1. The van der Waals surface area contributed by atoms with E-state index in [1.807, 2.05) is 0 Å². The summed E-state index contributed by atoms with van der Waals surface area (Å²) in [5, 5.41) is 0.208. The molecule has 0 aliphatic rings. The third kappa shape index (κ3) is 3.49. The topological polar surface area (TPSA) is 65.2 Å². The highest BCUT2D eigenvalue weighted by Gasteiger charge is 1.98. The lowest BCUT2D eigenvalue weighted by molar-refractivity contribution is -0.139. The van der Waals surface area contributed by atoms with Gasteiger partial charge in [-0.25, -0.2) is 4.98 Å². The van der Waals surface area contributed by atoms with Crippen LogP contribution >= 0.6 is 11.6 Å². The molecule has 4 nitrogen and oxygen atoms in total. The van der Waals surface area contributed by atoms with Crippen molar-refractivity contribution in [2.75, 3.05) is 12.8 Å². The second-order valence-electron chi connectivity index (χ2n) is 2.63. The van der Waals surface area contributed by atoms with Gasteiger partial charge in [0.2, 0.25) is 0 Å². The van der Waals surface area contributed by atoms with Crippen LogP contribution in [0.25, 0.3) is 0 Å². The van der Waals surface area contributed by atoms with Gasteiger partial charge in [-0.1, -0.05) is 17.5 Å². The third-order valence-corrected chi connectivity index (χ3v) is 1.86. The SMILES string of the molecule is COC(=O)CC#Cc1ccc(N)c(Cl)n1. The van der Waals surface area contributed by atoms with E-state index in [1.54, 1.807) is 12.1 Å². The van der Waals surface area contributed by atoms with Crippen molar-refractivity contribution in [3.63, 3.8) is 0 Å². The molecule has 0 atom stereocenters. The van der Waals surface area contributed by atoms with Crippen molar-refractivity contribution >= 4 is 23.3 Å². The fraction of sp³-hybridized carbons (Fsp3) is 0.200. The van der Waals surface area contributed by atoms with Crippen LogP contribution in [0, 0.1) is 11.8 Å². The standard InChI is InChI=1S/C10H9ClN2O2/c1-15-9(14)4-2-3-7-5-6-8(12)10(11)13-7/h5-6H,4,12H2,1H3. The van der Waals surface area contributed by atoms with Crippen molar-refractivity contribution in [2.24, 2.45) is 0 Å². The molecule has 0 radical (unpaired) electrons. The summed E-state index contributed by atoms with van der Waals surface area (Å²) in [6, 6.07) is 3.24. The Balaban J connectivity index is 2.72. The Hall–Kier alpha value is -1.73. The minimum Gasteiger partial charge on any atom is -0.468 e. The molecule has 1 rings (SSSR count). The average Bonchev–Trinajstić information content (AvgIpc) is 2.23. The van der Waals surface area contributed by atoms with Gasteiger partial charge < -0.3 is 10.5 Å². The minimum atomic E-state index is -0.385. The zero-order valence-corrected chi connectivity index (χ0v) is 8.84. The lowest BCUT2D eigenvalue weighted by Crippen LogP contribution is -1.97. The Morgan fingerprint density at radius 2 is 2.40 bits per heavy atom. The van der Waals surface area contributed by atoms with Gasteiger partial charge in [-0.3, -0.25) is 4.79 Å². The maximum atomic E-state index is 10.7. The number of methoxy groups -OCH3 is 1. The number of esters is 1. The van der Waals surface area contributed by atoms with Gasteiger partial charge in [-0.2, -0.15) is 0 Å². The number of aromatic nitrogens is 1. The molecule has 0 saturated carbocycles. The zero-order valence-electron chi connectivity index (χ0n) is 8.08. The number of ether oxygens (including phenoxy) is 1. The summed E-state index contributed by atoms with van der Waals surface area (Å²) in [6.07, 6.45) is 0.0280. The van der Waals surface area contributed by atoms with E-state index in [1.165, 1.54) is 7.11 Å². The number of nitrogens with two attached hydrogens (primary N) is 1. The summed E-state index contributed by atoms with van der Waals surface area (Å²) in [4.78, 5) is 14.6. The number of carbonyl (C=O) groups excluding carboxylic acids is 1. The summed E-state index contributed by atoms with van der Waals surface area (Å²) in [5.41, 5.74) is 6.34. The molecule has 5 heteroatoms. The molecule has 1 aromatic heterocycles. The lowest BCUT2D eigenvalue weighted by Gasteiger charge is -1.95. The maximum absolute atomic E-state index is 10.7. The fourth-order valence-corrected chi connectivity index (χ4v) is 0.948. The second-order valence-corrected chi connectivity index (χ2v) is 2.99. The van der Waals surface area contributed by atoms with Crippen molar-refractivity contribution in [3.05, 3.63) is 23.0 Å². The Morgan fingerprint density at radius 1 is 1.67 bits per heavy atom. The minimum absolute atomic E-state index is 0.0280. The van der Waals surface area contributed by atoms with Crippen molar-refractivity contribution < 1.29 is 9.53 Å². The van der Waals surface area contributed by atoms with Crippen LogP contribution in [0.1, 0.15) is 12.1 Å². The molecule has 0 spiro atoms. The normalized spacial score (nSPS) is 8.93. The second kappa shape index (κ2) is 5.23. The quantitative estimate of drug-likeness (QED) is 0.443. The van der Waals surface area contributed by atoms with Crippen molar-refractivity contribution in [3.8, 4) is 11.8 Å². The monoisotopic (exact) mass is 224 g/mol. The Morgan fingerprint density at radius 3 is 3.00 bits per heavy atom. The van der Waals surface area contributed by atoms with E-state index in [2.05, 4.69) is 21.6 Å². The molecule has 0 aliphatic heterocycles. The van der Waals surface area contributed by atoms with Gasteiger partial charge in [0.25, 0.3) is 0 Å². The predicted molar refractivity (Wildman–Crippen MR) is 57.2 cm³/mol. The summed E-state index contributed by atoms with van der Waals surface area (Å²) in [5.74, 6) is 4.90. The van der Waals surface area contributed by atoms with Crippen LogP contribution in [0.5, 0.6) is 0 Å². The predicted octanol–water partition coefficient (Wildman–Crippen LogP) is 1.23. The van der Waals surface area contributed by atoms with Gasteiger partial charge in [0.15, 0.2) is 5.15 Å². The number of rotatable bonds is 1. The molecule has 1 heterocycles. The van der Waals surface area contributed by atoms with E-state index in [0.29, 0.717) is 11.4 Å². The molecule has 78 valence electrons. The molecule has 0 aliphatic carbocycles. The van der Waals surface area contributed by atoms with Gasteiger partial charge in [0, 0.05) is 0 Å². The molecular weight excluding hydrogens is 216 g/mol. The number of hydrogen-bond donors (Lipinski definition) is 1. The molecule has 15 heavy (non-hydrogen) atoms. The molecule has 0 aromatic carbocycles. The van der Waals surface area contributed by atoms with Crippen molar-refractivity contribution in [1.29, 1.82) is 0 Å². The van der Waals surface area contributed by atoms with Crippen LogP contribution in [0.2, 0.25) is 5.15 Å². The van der Waals surface area contributed by atoms with E-state index in [0.717, 1.165) is 0 Å². The first-order valence-electron chi connectivity index (χ1n) is 4.11. The van der Waals surface area contributed by atoms with E-state index in [-0.39, 0.29) is 17.5 Å². The Kier molecular flexibility index (Phi) is 3.95. The first-order valence-corrected chi connectivity index (χ1v) is 4.49. The van der Waals surface area contributed by atoms with Crippen LogP contribution in [-0.2, 0) is 9.53 Å². The number of anilines is 1. The summed E-state index contributed by atoms with van der Waals surface area (Å²) < 4.78 is 4.42. The number of halogens is 1. The first-order chi connectivity index (χ1) is 7.13. The van der Waals surface area contributed by atoms with Crippen LogP contribution < -0.4 is 5.73 Å². The fourth-order valence-electron chi connectivity index (χ4n) is 0.794. The lowest BCUT2D eigenvalue weighted by atomic mass is 10.3. The third-order valence-electron chi connectivity index (χ3n) is 1.55. The smallest absolute Gasteiger partial charge is 0.317 e. The van der Waals surface area contributed by atoms with Gasteiger partial charge in [-0.05, 0) is 18.1 Å². The first kappa shape index (κ1) is 11.3. The van der Waals surface area contributed by atoms with E-state index in [9.17, 15) is 4.79 Å². The molecule has 2 N–H and O–H groups in total. The van der Waals surface area contributed by atoms with Gasteiger partial charge in [0.05, 0.1) is 12.8 Å². The van der Waals surface area contributed by atoms with Crippen LogP contribution in [0.15, 0.2) is 12.1 Å². The molecular formula is C10H9ClN2O2. The molecule has 1 aromatic rings. The molecule has 0 saturated heterocycles. The molecule has 0 bridgehead atoms. The average molecular weight is 225 g/mol. The van der Waals surface area contributed by atoms with Gasteiger partial charge >= 0.3 is 5.97 Å². The maximum Gasteiger partial charge on any atom is 0.317 e. The van der Waals surface area contributed by atoms with Gasteiger partial charge in [0.1, 0.15) is 12.1 Å². The number of pyridine rings is 1. The van der Waals surface area contributed by atoms with Crippen molar-refractivity contribution in [1.82, 2.24) is 4.98 Å². The molecule has 0 unspecified atom stereocenters. The largest absolute Gasteiger partial charge is 0.468 e. The van der Waals surface area contributed by atoms with Crippen LogP contribution in [0.4, 0.5) is 5.69 Å². The van der Waals surface area contributed by atoms with E-state index < -0.39 is 0 Å². The Labute approximate surface area is 92.4 Å². The van der Waals surface area contributed by atoms with Crippen molar-refractivity contribution in [2.45, 2.75) is 6.42 Å². The van der Waals surface area contributed by atoms with E-state index in [4.69, 9.17) is 17.3 Å². The summed E-state index contributed by atoms with van der Waals surface area (Å²) >= 11 is 5.69. The summed E-state index contributed by atoms with van der Waals surface area (Å²) in [7, 11) is 1.31. The van der Waals surface area contributed by atoms with E-state index >= 15 is 0 Å². The van der Waals surface area contributed by atoms with Crippen LogP contribution in [0.3, 0.4) is 0 Å². The number of hydrogen-bond acceptors (Lipinski definition) is 4. The zero-order chi connectivity index (χ0) is 11.3. The highest BCUT2D eigenvalue weighted by atomic mass is 35.5. The molecule has 0 amide bonds. The number of nitrogen functional groups attached to an aromatic ring is 1. The van der Waals surface area contributed by atoms with Gasteiger partial charge in [-0.15, -0.1) is 0 Å². The van der Waals surface area contributed by atoms with Crippen LogP contribution in [-0.4, -0.2) is 18.1 Å².